The molecule has 0 amide bonds. The lowest BCUT2D eigenvalue weighted by atomic mass is 10.1. The van der Waals surface area contributed by atoms with E-state index in [1.165, 1.54) is 0 Å². The van der Waals surface area contributed by atoms with Gasteiger partial charge in [-0.25, -0.2) is 8.42 Å². The molecule has 55 valence electrons. The fourth-order valence-electron chi connectivity index (χ4n) is 0.497. The molecule has 0 aliphatic rings. The molecule has 0 aromatic rings. The zero-order valence-corrected chi connectivity index (χ0v) is 6.99. The van der Waals surface area contributed by atoms with Crippen LogP contribution in [-0.4, -0.2) is 20.2 Å². The SMILES string of the molecule is CC(C)(C)[N]S(C)(=O)=O. The van der Waals surface area contributed by atoms with E-state index in [0.29, 0.717) is 0 Å². The Morgan fingerprint density at radius 3 is 1.56 bits per heavy atom. The van der Waals surface area contributed by atoms with Gasteiger partial charge < -0.3 is 0 Å². The van der Waals surface area contributed by atoms with Gasteiger partial charge in [0.1, 0.15) is 0 Å². The van der Waals surface area contributed by atoms with Gasteiger partial charge in [-0.3, -0.25) is 0 Å². The first-order chi connectivity index (χ1) is 3.71. The first kappa shape index (κ1) is 8.91. The molecule has 0 saturated heterocycles. The third-order valence-corrected chi connectivity index (χ3v) is 1.32. The summed E-state index contributed by atoms with van der Waals surface area (Å²) in [6, 6.07) is 0. The van der Waals surface area contributed by atoms with Crippen molar-refractivity contribution in [2.45, 2.75) is 26.3 Å². The van der Waals surface area contributed by atoms with Gasteiger partial charge in [-0.2, -0.15) is 0 Å². The Balaban J connectivity index is 4.07. The summed E-state index contributed by atoms with van der Waals surface area (Å²) in [6.45, 7) is 5.23. The Hall–Kier alpha value is -0.0900. The van der Waals surface area contributed by atoms with Crippen LogP contribution < -0.4 is 4.72 Å². The maximum absolute atomic E-state index is 10.5. The molecule has 0 aliphatic heterocycles. The smallest absolute Gasteiger partial charge is 0.211 e. The van der Waals surface area contributed by atoms with E-state index in [9.17, 15) is 8.42 Å². The average Bonchev–Trinajstić information content (AvgIpc) is 1.14. The van der Waals surface area contributed by atoms with E-state index in [4.69, 9.17) is 0 Å². The highest BCUT2D eigenvalue weighted by molar-refractivity contribution is 7.88. The molecule has 0 saturated carbocycles. The lowest BCUT2D eigenvalue weighted by Gasteiger charge is -2.14. The summed E-state index contributed by atoms with van der Waals surface area (Å²) in [5, 5.41) is 0. The lowest BCUT2D eigenvalue weighted by Crippen LogP contribution is -2.32. The molecule has 0 fully saturated rings. The van der Waals surface area contributed by atoms with E-state index >= 15 is 0 Å². The topological polar surface area (TPSA) is 48.2 Å². The minimum Gasteiger partial charge on any atom is -0.211 e. The third-order valence-electron chi connectivity index (χ3n) is 0.440. The first-order valence-electron chi connectivity index (χ1n) is 2.65. The molecule has 0 heterocycles. The normalized spacial score (nSPS) is 13.8. The highest BCUT2D eigenvalue weighted by atomic mass is 32.2. The van der Waals surface area contributed by atoms with Crippen molar-refractivity contribution in [2.24, 2.45) is 0 Å². The van der Waals surface area contributed by atoms with Crippen molar-refractivity contribution in [3.05, 3.63) is 0 Å². The van der Waals surface area contributed by atoms with Crippen LogP contribution in [0.15, 0.2) is 0 Å². The Kier molecular flexibility index (Phi) is 2.24. The number of rotatable bonds is 1. The second kappa shape index (κ2) is 2.27. The Labute approximate surface area is 56.5 Å². The maximum Gasteiger partial charge on any atom is 0.225 e. The summed E-state index contributed by atoms with van der Waals surface area (Å²) in [7, 11) is -3.16. The number of sulfonamides is 1. The molecular weight excluding hydrogens is 138 g/mol. The molecule has 0 unspecified atom stereocenters. The van der Waals surface area contributed by atoms with Crippen LogP contribution in [0.3, 0.4) is 0 Å². The summed E-state index contributed by atoms with van der Waals surface area (Å²) in [5.74, 6) is 0. The summed E-state index contributed by atoms with van der Waals surface area (Å²) in [5.41, 5.74) is -0.479. The van der Waals surface area contributed by atoms with Crippen molar-refractivity contribution in [3.63, 3.8) is 0 Å². The van der Waals surface area contributed by atoms with Crippen LogP contribution in [-0.2, 0) is 10.0 Å². The molecule has 4 heteroatoms. The van der Waals surface area contributed by atoms with Crippen molar-refractivity contribution in [2.75, 3.05) is 6.26 Å². The van der Waals surface area contributed by atoms with Crippen LogP contribution in [0.4, 0.5) is 0 Å². The highest BCUT2D eigenvalue weighted by Crippen LogP contribution is 2.02. The summed E-state index contributed by atoms with van der Waals surface area (Å²) >= 11 is 0. The monoisotopic (exact) mass is 150 g/mol. The van der Waals surface area contributed by atoms with E-state index in [-0.39, 0.29) is 0 Å². The third kappa shape index (κ3) is 7.91. The Morgan fingerprint density at radius 2 is 1.56 bits per heavy atom. The van der Waals surface area contributed by atoms with Crippen LogP contribution >= 0.6 is 0 Å². The van der Waals surface area contributed by atoms with Crippen molar-refractivity contribution < 1.29 is 8.42 Å². The molecule has 0 aromatic heterocycles. The second-order valence-electron chi connectivity index (χ2n) is 3.00. The van der Waals surface area contributed by atoms with Gasteiger partial charge in [0.05, 0.1) is 6.26 Å². The molecule has 0 N–H and O–H groups in total. The lowest BCUT2D eigenvalue weighted by molar-refractivity contribution is 0.488. The molecule has 0 bridgehead atoms. The van der Waals surface area contributed by atoms with E-state index in [1.54, 1.807) is 20.8 Å². The molecule has 0 aliphatic carbocycles. The molecule has 0 atom stereocenters. The Morgan fingerprint density at radius 1 is 1.22 bits per heavy atom. The van der Waals surface area contributed by atoms with Gasteiger partial charge in [0.15, 0.2) is 0 Å². The zero-order valence-electron chi connectivity index (χ0n) is 6.17. The van der Waals surface area contributed by atoms with Crippen LogP contribution in [0.5, 0.6) is 0 Å². The van der Waals surface area contributed by atoms with E-state index in [1.807, 2.05) is 0 Å². The minimum absolute atomic E-state index is 0.479. The van der Waals surface area contributed by atoms with Crippen molar-refractivity contribution in [1.82, 2.24) is 4.72 Å². The molecule has 1 radical (unpaired) electrons. The molecular formula is C5H12NO2S. The number of nitrogens with zero attached hydrogens (tertiary/aromatic N) is 1. The molecule has 0 spiro atoms. The van der Waals surface area contributed by atoms with Crippen LogP contribution in [0.2, 0.25) is 0 Å². The molecule has 0 aromatic carbocycles. The molecule has 3 nitrogen and oxygen atoms in total. The summed E-state index contributed by atoms with van der Waals surface area (Å²) in [6.07, 6.45) is 1.10. The van der Waals surface area contributed by atoms with Crippen molar-refractivity contribution in [1.29, 1.82) is 0 Å². The summed E-state index contributed by atoms with van der Waals surface area (Å²) in [4.78, 5) is 0. The van der Waals surface area contributed by atoms with Gasteiger partial charge in [0, 0.05) is 5.54 Å². The average molecular weight is 150 g/mol. The van der Waals surface area contributed by atoms with Gasteiger partial charge in [-0.15, -0.1) is 4.72 Å². The van der Waals surface area contributed by atoms with Gasteiger partial charge in [-0.05, 0) is 20.8 Å². The molecule has 9 heavy (non-hydrogen) atoms. The van der Waals surface area contributed by atoms with Gasteiger partial charge in [0.25, 0.3) is 0 Å². The maximum atomic E-state index is 10.5. The van der Waals surface area contributed by atoms with E-state index in [0.717, 1.165) is 6.26 Å². The predicted molar refractivity (Wildman–Crippen MR) is 36.7 cm³/mol. The van der Waals surface area contributed by atoms with Crippen LogP contribution in [0.1, 0.15) is 20.8 Å². The fraction of sp³-hybridized carbons (Fsp3) is 1.00. The standard InChI is InChI=1S/C5H12NO2S/c1-5(2,3)6-9(4,7)8/h1-4H3. The van der Waals surface area contributed by atoms with Gasteiger partial charge in [-0.1, -0.05) is 0 Å². The second-order valence-corrected chi connectivity index (χ2v) is 4.64. The quantitative estimate of drug-likeness (QED) is 0.541. The summed E-state index contributed by atoms with van der Waals surface area (Å²) < 4.78 is 24.5. The largest absolute Gasteiger partial charge is 0.225 e. The van der Waals surface area contributed by atoms with Crippen LogP contribution in [0, 0.1) is 0 Å². The highest BCUT2D eigenvalue weighted by Gasteiger charge is 2.17. The van der Waals surface area contributed by atoms with Crippen molar-refractivity contribution >= 4 is 10.0 Å². The number of hydrogen-bond donors (Lipinski definition) is 0. The first-order valence-corrected chi connectivity index (χ1v) is 4.50. The van der Waals surface area contributed by atoms with Gasteiger partial charge in [0.2, 0.25) is 10.0 Å². The van der Waals surface area contributed by atoms with Gasteiger partial charge >= 0.3 is 0 Å². The van der Waals surface area contributed by atoms with Crippen LogP contribution in [0.25, 0.3) is 0 Å². The fourth-order valence-corrected chi connectivity index (χ4v) is 1.49. The van der Waals surface area contributed by atoms with E-state index in [2.05, 4.69) is 4.72 Å². The Bertz CT molecular complexity index is 176. The molecule has 0 rings (SSSR count). The minimum atomic E-state index is -3.16. The van der Waals surface area contributed by atoms with Crippen molar-refractivity contribution in [3.8, 4) is 0 Å². The predicted octanol–water partition coefficient (Wildman–Crippen LogP) is 0.349. The van der Waals surface area contributed by atoms with E-state index < -0.39 is 15.6 Å². The number of hydrogen-bond acceptors (Lipinski definition) is 2. The zero-order chi connectivity index (χ0) is 7.71.